The van der Waals surface area contributed by atoms with Gasteiger partial charge in [-0.25, -0.2) is 8.42 Å². The smallest absolute Gasteiger partial charge is 0.273 e. The fraction of sp³-hybridized carbons (Fsp3) is 0.571. The Morgan fingerprint density at radius 3 is 2.59 bits per heavy atom. The molecule has 0 amide bonds. The van der Waals surface area contributed by atoms with Crippen LogP contribution in [0.15, 0.2) is 23.1 Å². The fourth-order valence-corrected chi connectivity index (χ4v) is 4.01. The lowest BCUT2D eigenvalue weighted by molar-refractivity contribution is -0.385. The van der Waals surface area contributed by atoms with Crippen molar-refractivity contribution in [2.45, 2.75) is 31.1 Å². The number of nitro groups is 1. The van der Waals surface area contributed by atoms with Gasteiger partial charge in [-0.3, -0.25) is 10.1 Å². The van der Waals surface area contributed by atoms with Crippen LogP contribution >= 0.6 is 0 Å². The fourth-order valence-electron chi connectivity index (χ4n) is 2.27. The van der Waals surface area contributed by atoms with Crippen molar-refractivity contribution in [3.05, 3.63) is 28.3 Å². The Morgan fingerprint density at radius 1 is 1.41 bits per heavy atom. The molecule has 8 heteroatoms. The Kier molecular flexibility index (Phi) is 5.02. The monoisotopic (exact) mass is 328 g/mol. The first-order chi connectivity index (χ1) is 10.4. The highest BCUT2D eigenvalue weighted by atomic mass is 32.2. The van der Waals surface area contributed by atoms with Gasteiger partial charge in [0.2, 0.25) is 10.0 Å². The summed E-state index contributed by atoms with van der Waals surface area (Å²) in [5.41, 5.74) is -0.194. The lowest BCUT2D eigenvalue weighted by Gasteiger charge is -2.22. The van der Waals surface area contributed by atoms with Gasteiger partial charge in [-0.2, -0.15) is 4.31 Å². The van der Waals surface area contributed by atoms with Crippen molar-refractivity contribution in [1.29, 1.82) is 0 Å². The van der Waals surface area contributed by atoms with Crippen LogP contribution in [-0.4, -0.2) is 37.8 Å². The third kappa shape index (κ3) is 3.56. The molecule has 1 aromatic rings. The topological polar surface area (TPSA) is 89.8 Å². The van der Waals surface area contributed by atoms with Crippen LogP contribution in [0, 0.1) is 16.0 Å². The Balaban J connectivity index is 2.39. The second-order valence-electron chi connectivity index (χ2n) is 5.40. The minimum absolute atomic E-state index is 0.00565. The molecule has 0 heterocycles. The summed E-state index contributed by atoms with van der Waals surface area (Å²) in [5, 5.41) is 10.8. The van der Waals surface area contributed by atoms with Crippen molar-refractivity contribution in [2.24, 2.45) is 5.92 Å². The molecule has 0 atom stereocenters. The lowest BCUT2D eigenvalue weighted by Crippen LogP contribution is -2.33. The van der Waals surface area contributed by atoms with Crippen molar-refractivity contribution in [3.63, 3.8) is 0 Å². The van der Waals surface area contributed by atoms with Crippen molar-refractivity contribution >= 4 is 15.7 Å². The first kappa shape index (κ1) is 16.7. The van der Waals surface area contributed by atoms with Gasteiger partial charge in [-0.1, -0.05) is 6.92 Å². The van der Waals surface area contributed by atoms with Crippen LogP contribution in [0.1, 0.15) is 26.2 Å². The van der Waals surface area contributed by atoms with Crippen LogP contribution in [-0.2, 0) is 10.0 Å². The van der Waals surface area contributed by atoms with Gasteiger partial charge in [-0.05, 0) is 31.2 Å². The third-order valence-corrected chi connectivity index (χ3v) is 5.51. The molecule has 22 heavy (non-hydrogen) atoms. The first-order valence-electron chi connectivity index (χ1n) is 7.22. The number of rotatable bonds is 8. The molecule has 0 bridgehead atoms. The summed E-state index contributed by atoms with van der Waals surface area (Å²) in [6, 6.07) is 3.59. The Hall–Kier alpha value is -1.67. The summed E-state index contributed by atoms with van der Waals surface area (Å²) in [6.45, 7) is 2.85. The SMILES string of the molecule is CCCN(CC1CC1)S(=O)(=O)c1ccc([N+](=O)[O-])cc1OC. The number of non-ortho nitro benzene ring substituents is 1. The zero-order valence-electron chi connectivity index (χ0n) is 12.7. The van der Waals surface area contributed by atoms with E-state index in [-0.39, 0.29) is 16.3 Å². The largest absolute Gasteiger partial charge is 0.495 e. The maximum absolute atomic E-state index is 12.8. The van der Waals surface area contributed by atoms with E-state index in [2.05, 4.69) is 0 Å². The number of ether oxygens (including phenoxy) is 1. The van der Waals surface area contributed by atoms with Gasteiger partial charge in [0, 0.05) is 19.2 Å². The van der Waals surface area contributed by atoms with Crippen molar-refractivity contribution in [2.75, 3.05) is 20.2 Å². The molecule has 122 valence electrons. The molecule has 0 unspecified atom stereocenters. The molecule has 0 radical (unpaired) electrons. The zero-order valence-corrected chi connectivity index (χ0v) is 13.5. The Bertz CT molecular complexity index is 655. The molecule has 0 spiro atoms. The summed E-state index contributed by atoms with van der Waals surface area (Å²) in [6.07, 6.45) is 2.81. The predicted molar refractivity (Wildman–Crippen MR) is 81.4 cm³/mol. The Morgan fingerprint density at radius 2 is 2.09 bits per heavy atom. The second-order valence-corrected chi connectivity index (χ2v) is 7.31. The first-order valence-corrected chi connectivity index (χ1v) is 8.66. The van der Waals surface area contributed by atoms with E-state index < -0.39 is 14.9 Å². The minimum atomic E-state index is -3.72. The average molecular weight is 328 g/mol. The molecule has 0 saturated heterocycles. The molecule has 0 N–H and O–H groups in total. The van der Waals surface area contributed by atoms with Crippen LogP contribution in [0.3, 0.4) is 0 Å². The molecule has 0 aromatic heterocycles. The lowest BCUT2D eigenvalue weighted by atomic mass is 10.3. The number of methoxy groups -OCH3 is 1. The molecule has 2 rings (SSSR count). The zero-order chi connectivity index (χ0) is 16.3. The number of benzene rings is 1. The second kappa shape index (κ2) is 6.62. The van der Waals surface area contributed by atoms with Crippen LogP contribution in [0.25, 0.3) is 0 Å². The van der Waals surface area contributed by atoms with E-state index in [1.807, 2.05) is 6.92 Å². The molecular weight excluding hydrogens is 308 g/mol. The summed E-state index contributed by atoms with van der Waals surface area (Å²) >= 11 is 0. The molecule has 7 nitrogen and oxygen atoms in total. The van der Waals surface area contributed by atoms with Gasteiger partial charge in [-0.15, -0.1) is 0 Å². The highest BCUT2D eigenvalue weighted by molar-refractivity contribution is 7.89. The molecule has 1 aromatic carbocycles. The number of sulfonamides is 1. The van der Waals surface area contributed by atoms with E-state index >= 15 is 0 Å². The summed E-state index contributed by atoms with van der Waals surface area (Å²) in [7, 11) is -2.41. The molecular formula is C14H20N2O5S. The van der Waals surface area contributed by atoms with E-state index in [9.17, 15) is 18.5 Å². The standard InChI is InChI=1S/C14H20N2O5S/c1-3-8-15(10-11-4-5-11)22(19,20)14-7-6-12(16(17)18)9-13(14)21-2/h6-7,9,11H,3-5,8,10H2,1-2H3. The number of hydrogen-bond acceptors (Lipinski definition) is 5. The quantitative estimate of drug-likeness (QED) is 0.540. The van der Waals surface area contributed by atoms with Crippen molar-refractivity contribution < 1.29 is 18.1 Å². The van der Waals surface area contributed by atoms with E-state index in [0.717, 1.165) is 18.9 Å². The van der Waals surface area contributed by atoms with Gasteiger partial charge < -0.3 is 4.74 Å². The van der Waals surface area contributed by atoms with E-state index in [0.29, 0.717) is 25.4 Å². The maximum atomic E-state index is 12.8. The summed E-state index contributed by atoms with van der Waals surface area (Å²) < 4.78 is 32.2. The van der Waals surface area contributed by atoms with Gasteiger partial charge >= 0.3 is 0 Å². The van der Waals surface area contributed by atoms with Crippen molar-refractivity contribution in [1.82, 2.24) is 4.31 Å². The van der Waals surface area contributed by atoms with Crippen molar-refractivity contribution in [3.8, 4) is 5.75 Å². The van der Waals surface area contributed by atoms with Gasteiger partial charge in [0.1, 0.15) is 10.6 Å². The predicted octanol–water partition coefficient (Wildman–Crippen LogP) is 2.41. The summed E-state index contributed by atoms with van der Waals surface area (Å²) in [5.74, 6) is 0.427. The molecule has 0 aliphatic heterocycles. The van der Waals surface area contributed by atoms with E-state index in [1.54, 1.807) is 0 Å². The van der Waals surface area contributed by atoms with Crippen LogP contribution in [0.5, 0.6) is 5.75 Å². The highest BCUT2D eigenvalue weighted by Gasteiger charge is 2.33. The van der Waals surface area contributed by atoms with Gasteiger partial charge in [0.05, 0.1) is 18.1 Å². The number of nitrogens with zero attached hydrogens (tertiary/aromatic N) is 2. The molecule has 1 aliphatic rings. The molecule has 1 aliphatic carbocycles. The van der Waals surface area contributed by atoms with Crippen LogP contribution in [0.4, 0.5) is 5.69 Å². The normalized spacial score (nSPS) is 15.0. The summed E-state index contributed by atoms with van der Waals surface area (Å²) in [4.78, 5) is 10.2. The number of nitro benzene ring substituents is 1. The van der Waals surface area contributed by atoms with Gasteiger partial charge in [0.15, 0.2) is 0 Å². The Labute approximate surface area is 130 Å². The van der Waals surface area contributed by atoms with E-state index in [1.165, 1.54) is 23.5 Å². The third-order valence-electron chi connectivity index (χ3n) is 3.61. The minimum Gasteiger partial charge on any atom is -0.495 e. The maximum Gasteiger partial charge on any atom is 0.273 e. The molecule has 1 saturated carbocycles. The van der Waals surface area contributed by atoms with Crippen LogP contribution < -0.4 is 4.74 Å². The van der Waals surface area contributed by atoms with Gasteiger partial charge in [0.25, 0.3) is 5.69 Å². The van der Waals surface area contributed by atoms with Crippen LogP contribution in [0.2, 0.25) is 0 Å². The average Bonchev–Trinajstić information content (AvgIpc) is 3.30. The number of hydrogen-bond donors (Lipinski definition) is 0. The van der Waals surface area contributed by atoms with E-state index in [4.69, 9.17) is 4.74 Å². The highest BCUT2D eigenvalue weighted by Crippen LogP contribution is 2.34. The molecule has 1 fully saturated rings.